The molecule has 0 N–H and O–H groups in total. The van der Waals surface area contributed by atoms with Gasteiger partial charge in [0.2, 0.25) is 0 Å². The number of furan rings is 1. The van der Waals surface area contributed by atoms with Crippen LogP contribution in [0.5, 0.6) is 5.75 Å². The molecular weight excluding hydrogens is 489 g/mol. The van der Waals surface area contributed by atoms with Crippen molar-refractivity contribution in [2.45, 2.75) is 45.5 Å². The van der Waals surface area contributed by atoms with Crippen molar-refractivity contribution in [3.8, 4) is 5.75 Å². The molecule has 0 unspecified atom stereocenters. The van der Waals surface area contributed by atoms with E-state index in [9.17, 15) is 18.0 Å². The van der Waals surface area contributed by atoms with Gasteiger partial charge in [0.05, 0.1) is 23.9 Å². The van der Waals surface area contributed by atoms with Gasteiger partial charge in [-0.3, -0.25) is 4.79 Å². The lowest BCUT2D eigenvalue weighted by molar-refractivity contribution is -0.137. The first kappa shape index (κ1) is 25.5. The number of nitrogens with zero attached hydrogens (tertiary/aromatic N) is 2. The van der Waals surface area contributed by atoms with Crippen molar-refractivity contribution in [1.82, 2.24) is 4.57 Å². The highest BCUT2D eigenvalue weighted by atomic mass is 32.1. The number of ether oxygens (including phenoxy) is 1. The van der Waals surface area contributed by atoms with Gasteiger partial charge in [0, 0.05) is 11.1 Å². The Hall–Kier alpha value is -3.59. The van der Waals surface area contributed by atoms with E-state index in [1.165, 1.54) is 17.4 Å². The van der Waals surface area contributed by atoms with Crippen LogP contribution in [0.15, 0.2) is 82.5 Å². The van der Waals surface area contributed by atoms with Crippen LogP contribution in [0.2, 0.25) is 0 Å². The van der Waals surface area contributed by atoms with Gasteiger partial charge < -0.3 is 13.7 Å². The van der Waals surface area contributed by atoms with E-state index >= 15 is 0 Å². The molecular formula is C27H25F3N2O3S. The molecule has 0 aliphatic carbocycles. The topological polar surface area (TPSA) is 56.7 Å². The number of rotatable bonds is 6. The van der Waals surface area contributed by atoms with Gasteiger partial charge in [-0.05, 0) is 41.3 Å². The summed E-state index contributed by atoms with van der Waals surface area (Å²) in [5, 5.41) is 0. The quantitative estimate of drug-likeness (QED) is 0.284. The molecule has 9 heteroatoms. The fourth-order valence-electron chi connectivity index (χ4n) is 3.38. The maximum Gasteiger partial charge on any atom is 0.416 e. The van der Waals surface area contributed by atoms with E-state index in [2.05, 4.69) is 4.99 Å². The first-order chi connectivity index (χ1) is 17.0. The number of aromatic nitrogens is 1. The van der Waals surface area contributed by atoms with Crippen LogP contribution in [0.1, 0.15) is 52.9 Å². The monoisotopic (exact) mass is 514 g/mol. The van der Waals surface area contributed by atoms with Gasteiger partial charge in [0.15, 0.2) is 4.80 Å². The third-order valence-corrected chi connectivity index (χ3v) is 6.78. The lowest BCUT2D eigenvalue weighted by Gasteiger charge is -2.14. The number of carbonyl (C=O) groups excluding carboxylic acids is 1. The number of halogens is 3. The highest BCUT2D eigenvalue weighted by Gasteiger charge is 2.32. The first-order valence-electron chi connectivity index (χ1n) is 11.2. The van der Waals surface area contributed by atoms with Crippen LogP contribution in [0.25, 0.3) is 0 Å². The minimum absolute atomic E-state index is 0.0331. The minimum atomic E-state index is -4.62. The second-order valence-electron chi connectivity index (χ2n) is 9.24. The highest BCUT2D eigenvalue weighted by Crippen LogP contribution is 2.33. The molecule has 0 saturated heterocycles. The van der Waals surface area contributed by atoms with Gasteiger partial charge in [0.1, 0.15) is 18.1 Å². The van der Waals surface area contributed by atoms with Crippen molar-refractivity contribution in [3.63, 3.8) is 0 Å². The third kappa shape index (κ3) is 6.15. The van der Waals surface area contributed by atoms with Crippen LogP contribution in [0.4, 0.5) is 13.2 Å². The summed E-state index contributed by atoms with van der Waals surface area (Å²) in [7, 11) is 0. The summed E-state index contributed by atoms with van der Waals surface area (Å²) in [6, 6.07) is 15.6. The average Bonchev–Trinajstić information content (AvgIpc) is 3.48. The van der Waals surface area contributed by atoms with Crippen molar-refractivity contribution >= 4 is 17.2 Å². The van der Waals surface area contributed by atoms with Gasteiger partial charge in [-0.25, -0.2) is 0 Å². The molecule has 0 fully saturated rings. The predicted octanol–water partition coefficient (Wildman–Crippen LogP) is 6.83. The number of carbonyl (C=O) groups is 1. The summed E-state index contributed by atoms with van der Waals surface area (Å²) in [4.78, 5) is 18.8. The smallest absolute Gasteiger partial charge is 0.416 e. The Balaban J connectivity index is 1.75. The maximum atomic E-state index is 13.5. The highest BCUT2D eigenvalue weighted by molar-refractivity contribution is 7.09. The summed E-state index contributed by atoms with van der Waals surface area (Å²) in [5.41, 5.74) is -0.599. The summed E-state index contributed by atoms with van der Waals surface area (Å²) in [6.07, 6.45) is -1.18. The largest absolute Gasteiger partial charge is 0.488 e. The molecule has 5 nitrogen and oxygen atoms in total. The molecule has 2 heterocycles. The SMILES string of the molecule is CC(C)(C)c1cn(Cc2ccco2)/c(=N/C(=O)c2cc(C(F)(F)F)ccc2OCc2ccccc2)s1. The minimum Gasteiger partial charge on any atom is -0.488 e. The van der Waals surface area contributed by atoms with Crippen LogP contribution in [-0.2, 0) is 24.7 Å². The predicted molar refractivity (Wildman–Crippen MR) is 131 cm³/mol. The number of hydrogen-bond acceptors (Lipinski definition) is 4. The standard InChI is InChI=1S/C27H25F3N2O3S/c1-26(2,3)23-16-32(15-20-10-7-13-34-20)25(36-23)31-24(33)21-14-19(27(28,29)30)11-12-22(21)35-17-18-8-5-4-6-9-18/h4-14,16H,15,17H2,1-3H3/b31-25-. The molecule has 1 amide bonds. The van der Waals surface area contributed by atoms with E-state index in [4.69, 9.17) is 9.15 Å². The molecule has 2 aromatic heterocycles. The molecule has 36 heavy (non-hydrogen) atoms. The first-order valence-corrected chi connectivity index (χ1v) is 12.0. The zero-order valence-corrected chi connectivity index (χ0v) is 20.8. The summed E-state index contributed by atoms with van der Waals surface area (Å²) >= 11 is 1.31. The second-order valence-corrected chi connectivity index (χ2v) is 10.2. The summed E-state index contributed by atoms with van der Waals surface area (Å²) < 4.78 is 53.3. The molecule has 0 radical (unpaired) electrons. The van der Waals surface area contributed by atoms with Crippen LogP contribution < -0.4 is 9.54 Å². The third-order valence-electron chi connectivity index (χ3n) is 5.34. The zero-order valence-electron chi connectivity index (χ0n) is 20.0. The number of amides is 1. The van der Waals surface area contributed by atoms with Crippen molar-refractivity contribution in [2.75, 3.05) is 0 Å². The lowest BCUT2D eigenvalue weighted by Crippen LogP contribution is -2.17. The van der Waals surface area contributed by atoms with Crippen LogP contribution in [0, 0.1) is 0 Å². The number of hydrogen-bond donors (Lipinski definition) is 0. The van der Waals surface area contributed by atoms with Crippen molar-refractivity contribution in [1.29, 1.82) is 0 Å². The maximum absolute atomic E-state index is 13.5. The fraction of sp³-hybridized carbons (Fsp3) is 0.259. The Labute approximate surface area is 210 Å². The number of alkyl halides is 3. The molecule has 4 aromatic rings. The lowest BCUT2D eigenvalue weighted by atomic mass is 9.95. The van der Waals surface area contributed by atoms with E-state index < -0.39 is 17.6 Å². The molecule has 0 bridgehead atoms. The summed E-state index contributed by atoms with van der Waals surface area (Å²) in [6.45, 7) is 6.52. The Morgan fingerprint density at radius 1 is 1.06 bits per heavy atom. The molecule has 0 aliphatic rings. The fourth-order valence-corrected chi connectivity index (χ4v) is 4.43. The number of thiazole rings is 1. The Kier molecular flexibility index (Phi) is 7.21. The molecule has 2 aromatic carbocycles. The Morgan fingerprint density at radius 3 is 2.44 bits per heavy atom. The van der Waals surface area contributed by atoms with Crippen LogP contribution in [0.3, 0.4) is 0 Å². The molecule has 0 atom stereocenters. The molecule has 0 aliphatic heterocycles. The normalized spacial score (nSPS) is 12.7. The molecule has 0 saturated carbocycles. The van der Waals surface area contributed by atoms with Crippen LogP contribution in [-0.4, -0.2) is 10.5 Å². The second kappa shape index (κ2) is 10.2. The molecule has 0 spiro atoms. The van der Waals surface area contributed by atoms with Crippen LogP contribution >= 0.6 is 11.3 Å². The molecule has 188 valence electrons. The van der Waals surface area contributed by atoms with Crippen molar-refractivity contribution in [2.24, 2.45) is 4.99 Å². The summed E-state index contributed by atoms with van der Waals surface area (Å²) in [5.74, 6) is -0.126. The van der Waals surface area contributed by atoms with Gasteiger partial charge in [-0.2, -0.15) is 18.2 Å². The van der Waals surface area contributed by atoms with E-state index in [0.29, 0.717) is 17.1 Å². The van der Waals surface area contributed by atoms with Gasteiger partial charge >= 0.3 is 6.18 Å². The Bertz CT molecular complexity index is 1400. The van der Waals surface area contributed by atoms with E-state index in [1.807, 2.05) is 57.3 Å². The van der Waals surface area contributed by atoms with E-state index in [-0.39, 0.29) is 23.3 Å². The van der Waals surface area contributed by atoms with Gasteiger partial charge in [-0.15, -0.1) is 11.3 Å². The van der Waals surface area contributed by atoms with E-state index in [1.54, 1.807) is 23.0 Å². The number of benzene rings is 2. The van der Waals surface area contributed by atoms with Gasteiger partial charge in [-0.1, -0.05) is 51.1 Å². The van der Waals surface area contributed by atoms with Crippen molar-refractivity contribution < 1.29 is 27.1 Å². The molecule has 4 rings (SSSR count). The zero-order chi connectivity index (χ0) is 25.9. The van der Waals surface area contributed by atoms with Gasteiger partial charge in [0.25, 0.3) is 5.91 Å². The Morgan fingerprint density at radius 2 is 1.81 bits per heavy atom. The average molecular weight is 515 g/mol. The van der Waals surface area contributed by atoms with E-state index in [0.717, 1.165) is 22.6 Å². The van der Waals surface area contributed by atoms with Crippen molar-refractivity contribution in [3.05, 3.63) is 105 Å².